The Morgan fingerprint density at radius 3 is 2.71 bits per heavy atom. The summed E-state index contributed by atoms with van der Waals surface area (Å²) in [5.74, 6) is 2.97. The molecule has 1 fully saturated rings. The van der Waals surface area contributed by atoms with Gasteiger partial charge >= 0.3 is 0 Å². The molecule has 0 bridgehead atoms. The molecule has 0 amide bonds. The molecule has 3 nitrogen and oxygen atoms in total. The predicted molar refractivity (Wildman–Crippen MR) is 94.2 cm³/mol. The largest absolute Gasteiger partial charge is 0.356 e. The monoisotopic (exact) mass is 303 g/mol. The van der Waals surface area contributed by atoms with Crippen molar-refractivity contribution in [1.82, 2.24) is 10.6 Å². The fourth-order valence-electron chi connectivity index (χ4n) is 2.39. The summed E-state index contributed by atoms with van der Waals surface area (Å²) in [6.07, 6.45) is 4.46. The number of hydrogen-bond acceptors (Lipinski definition) is 2. The number of benzene rings is 1. The zero-order valence-electron chi connectivity index (χ0n) is 12.8. The average Bonchev–Trinajstić information content (AvgIpc) is 3.32. The quantitative estimate of drug-likeness (QED) is 0.335. The van der Waals surface area contributed by atoms with E-state index in [-0.39, 0.29) is 0 Å². The third-order valence-electron chi connectivity index (χ3n) is 3.83. The lowest BCUT2D eigenvalue weighted by molar-refractivity contribution is 0.648. The van der Waals surface area contributed by atoms with Gasteiger partial charge < -0.3 is 10.6 Å². The van der Waals surface area contributed by atoms with Crippen LogP contribution in [0, 0.1) is 0 Å². The molecule has 0 aliphatic heterocycles. The van der Waals surface area contributed by atoms with Crippen molar-refractivity contribution in [3.8, 4) is 0 Å². The highest BCUT2D eigenvalue weighted by Gasteiger charge is 2.43. The first-order chi connectivity index (χ1) is 10.3. The molecule has 0 aromatic heterocycles. The highest BCUT2D eigenvalue weighted by molar-refractivity contribution is 7.99. The maximum Gasteiger partial charge on any atom is 0.191 e. The number of aliphatic imine (C=N–C) groups is 1. The van der Waals surface area contributed by atoms with E-state index in [1.807, 2.05) is 24.9 Å². The van der Waals surface area contributed by atoms with Crippen molar-refractivity contribution < 1.29 is 0 Å². The van der Waals surface area contributed by atoms with Crippen LogP contribution in [-0.2, 0) is 5.41 Å². The number of guanidine groups is 1. The zero-order chi connectivity index (χ0) is 15.0. The second kappa shape index (κ2) is 8.13. The molecule has 2 N–H and O–H groups in total. The molecule has 0 heterocycles. The van der Waals surface area contributed by atoms with Crippen molar-refractivity contribution >= 4 is 17.7 Å². The highest BCUT2D eigenvalue weighted by Crippen LogP contribution is 2.47. The van der Waals surface area contributed by atoms with E-state index in [0.29, 0.717) is 5.41 Å². The van der Waals surface area contributed by atoms with E-state index < -0.39 is 0 Å². The van der Waals surface area contributed by atoms with Gasteiger partial charge in [-0.2, -0.15) is 11.8 Å². The van der Waals surface area contributed by atoms with Gasteiger partial charge in [-0.25, -0.2) is 0 Å². The number of thioether (sulfide) groups is 1. The van der Waals surface area contributed by atoms with Gasteiger partial charge in [-0.05, 0) is 18.4 Å². The van der Waals surface area contributed by atoms with Crippen molar-refractivity contribution in [2.24, 2.45) is 4.99 Å². The molecule has 0 unspecified atom stereocenters. The third kappa shape index (κ3) is 4.81. The van der Waals surface area contributed by atoms with Crippen LogP contribution in [0.2, 0.25) is 0 Å². The molecule has 114 valence electrons. The van der Waals surface area contributed by atoms with Gasteiger partial charge in [0.2, 0.25) is 0 Å². The second-order valence-corrected chi connectivity index (χ2v) is 6.51. The summed E-state index contributed by atoms with van der Waals surface area (Å²) in [7, 11) is 1.83. The Morgan fingerprint density at radius 1 is 1.33 bits per heavy atom. The van der Waals surface area contributed by atoms with Gasteiger partial charge in [-0.3, -0.25) is 4.99 Å². The Hall–Kier alpha value is -1.42. The van der Waals surface area contributed by atoms with Crippen LogP contribution in [-0.4, -0.2) is 37.6 Å². The Bertz CT molecular complexity index is 466. The molecule has 1 aliphatic rings. The predicted octanol–water partition coefficient (Wildman–Crippen LogP) is 2.80. The fourth-order valence-corrected chi connectivity index (χ4v) is 2.97. The molecule has 0 atom stereocenters. The minimum Gasteiger partial charge on any atom is -0.356 e. The van der Waals surface area contributed by atoms with Crippen molar-refractivity contribution in [2.45, 2.75) is 18.3 Å². The average molecular weight is 303 g/mol. The molecule has 0 radical (unpaired) electrons. The Labute approximate surface area is 132 Å². The van der Waals surface area contributed by atoms with E-state index >= 15 is 0 Å². The van der Waals surface area contributed by atoms with E-state index in [9.17, 15) is 0 Å². The molecule has 0 spiro atoms. The summed E-state index contributed by atoms with van der Waals surface area (Å²) < 4.78 is 0. The Morgan fingerprint density at radius 2 is 2.10 bits per heavy atom. The maximum atomic E-state index is 4.30. The molecule has 4 heteroatoms. The smallest absolute Gasteiger partial charge is 0.191 e. The maximum absolute atomic E-state index is 4.30. The summed E-state index contributed by atoms with van der Waals surface area (Å²) >= 11 is 1.88. The Balaban J connectivity index is 1.75. The van der Waals surface area contributed by atoms with Crippen molar-refractivity contribution in [3.63, 3.8) is 0 Å². The lowest BCUT2D eigenvalue weighted by Crippen LogP contribution is -2.42. The van der Waals surface area contributed by atoms with Gasteiger partial charge in [0, 0.05) is 37.1 Å². The zero-order valence-corrected chi connectivity index (χ0v) is 13.6. The molecular formula is C17H25N3S. The summed E-state index contributed by atoms with van der Waals surface area (Å²) in [5.41, 5.74) is 1.76. The van der Waals surface area contributed by atoms with Gasteiger partial charge in [0.25, 0.3) is 0 Å². The first kappa shape index (κ1) is 16.0. The summed E-state index contributed by atoms with van der Waals surface area (Å²) in [6, 6.07) is 10.8. The summed E-state index contributed by atoms with van der Waals surface area (Å²) in [4.78, 5) is 4.30. The molecule has 1 aliphatic carbocycles. The van der Waals surface area contributed by atoms with Gasteiger partial charge in [-0.15, -0.1) is 6.58 Å². The number of rotatable bonds is 8. The van der Waals surface area contributed by atoms with Crippen molar-refractivity contribution in [1.29, 1.82) is 0 Å². The minimum absolute atomic E-state index is 0.316. The minimum atomic E-state index is 0.316. The van der Waals surface area contributed by atoms with Crippen molar-refractivity contribution in [3.05, 3.63) is 48.6 Å². The van der Waals surface area contributed by atoms with Gasteiger partial charge in [0.15, 0.2) is 5.96 Å². The molecule has 21 heavy (non-hydrogen) atoms. The number of hydrogen-bond donors (Lipinski definition) is 2. The third-order valence-corrected chi connectivity index (χ3v) is 4.80. The summed E-state index contributed by atoms with van der Waals surface area (Å²) in [6.45, 7) is 5.61. The normalized spacial score (nSPS) is 16.3. The first-order valence-electron chi connectivity index (χ1n) is 7.49. The van der Waals surface area contributed by atoms with Crippen molar-refractivity contribution in [2.75, 3.05) is 31.6 Å². The van der Waals surface area contributed by atoms with Crippen LogP contribution in [0.25, 0.3) is 0 Å². The van der Waals surface area contributed by atoms with Crippen LogP contribution >= 0.6 is 11.8 Å². The van der Waals surface area contributed by atoms with Crippen LogP contribution in [0.3, 0.4) is 0 Å². The van der Waals surface area contributed by atoms with Gasteiger partial charge in [0.05, 0.1) is 0 Å². The molecule has 0 saturated heterocycles. The van der Waals surface area contributed by atoms with Crippen LogP contribution in [0.15, 0.2) is 48.0 Å². The molecule has 1 saturated carbocycles. The number of nitrogens with zero attached hydrogens (tertiary/aromatic N) is 1. The Kier molecular flexibility index (Phi) is 6.18. The van der Waals surface area contributed by atoms with Crippen LogP contribution < -0.4 is 10.6 Å². The molecule has 2 rings (SSSR count). The van der Waals surface area contributed by atoms with Gasteiger partial charge in [-0.1, -0.05) is 36.4 Å². The molecule has 1 aromatic rings. The first-order valence-corrected chi connectivity index (χ1v) is 8.65. The number of nitrogens with one attached hydrogen (secondary N) is 2. The van der Waals surface area contributed by atoms with E-state index in [1.54, 1.807) is 0 Å². The lowest BCUT2D eigenvalue weighted by Gasteiger charge is -2.19. The summed E-state index contributed by atoms with van der Waals surface area (Å²) in [5, 5.41) is 6.83. The topological polar surface area (TPSA) is 36.4 Å². The van der Waals surface area contributed by atoms with E-state index in [1.165, 1.54) is 18.4 Å². The standard InChI is InChI=1S/C17H25N3S/c1-3-12-21-13-11-19-16(18-2)20-14-17(9-10-17)15-7-5-4-6-8-15/h3-8H,1,9-14H2,2H3,(H2,18,19,20). The van der Waals surface area contributed by atoms with E-state index in [2.05, 4.69) is 52.5 Å². The lowest BCUT2D eigenvalue weighted by atomic mass is 9.96. The van der Waals surface area contributed by atoms with Crippen LogP contribution in [0.5, 0.6) is 0 Å². The van der Waals surface area contributed by atoms with E-state index in [0.717, 1.165) is 30.6 Å². The van der Waals surface area contributed by atoms with Crippen LogP contribution in [0.4, 0.5) is 0 Å². The van der Waals surface area contributed by atoms with Gasteiger partial charge in [0.1, 0.15) is 0 Å². The molecule has 1 aromatic carbocycles. The second-order valence-electron chi connectivity index (χ2n) is 5.36. The van der Waals surface area contributed by atoms with Crippen LogP contribution in [0.1, 0.15) is 18.4 Å². The molecular weight excluding hydrogens is 278 g/mol. The van der Waals surface area contributed by atoms with E-state index in [4.69, 9.17) is 0 Å². The highest BCUT2D eigenvalue weighted by atomic mass is 32.2. The fraction of sp³-hybridized carbons (Fsp3) is 0.471. The SMILES string of the molecule is C=CCSCCNC(=NC)NCC1(c2ccccc2)CC1.